The molecule has 0 saturated heterocycles. The van der Waals surface area contributed by atoms with Crippen molar-refractivity contribution in [1.29, 1.82) is 0 Å². The van der Waals surface area contributed by atoms with Crippen LogP contribution in [0.3, 0.4) is 0 Å². The fraction of sp³-hybridized carbons (Fsp3) is 0.364. The minimum Gasteiger partial charge on any atom is -0.477 e. The van der Waals surface area contributed by atoms with Crippen molar-refractivity contribution in [1.82, 2.24) is 9.97 Å². The number of H-pyrrole nitrogens is 1. The van der Waals surface area contributed by atoms with Gasteiger partial charge in [-0.25, -0.2) is 9.78 Å². The highest BCUT2D eigenvalue weighted by Crippen LogP contribution is 2.26. The molecule has 2 aromatic heterocycles. The van der Waals surface area contributed by atoms with E-state index in [4.69, 9.17) is 9.84 Å². The van der Waals surface area contributed by atoms with Crippen LogP contribution in [0.4, 0.5) is 0 Å². The Hall–Kier alpha value is -1.73. The molecule has 0 aliphatic heterocycles. The molecular formula is C11H12N2O4S. The van der Waals surface area contributed by atoms with Gasteiger partial charge in [0.15, 0.2) is 0 Å². The normalized spacial score (nSPS) is 11.0. The molecule has 18 heavy (non-hydrogen) atoms. The molecule has 0 aliphatic carbocycles. The number of carboxylic acids is 1. The second-order valence-electron chi connectivity index (χ2n) is 3.80. The van der Waals surface area contributed by atoms with Crippen molar-refractivity contribution in [3.63, 3.8) is 0 Å². The lowest BCUT2D eigenvalue weighted by Gasteiger charge is -1.99. The van der Waals surface area contributed by atoms with E-state index in [9.17, 15) is 9.59 Å². The van der Waals surface area contributed by atoms with Crippen LogP contribution < -0.4 is 5.56 Å². The summed E-state index contributed by atoms with van der Waals surface area (Å²) in [6.07, 6.45) is 0.487. The molecule has 0 spiro atoms. The summed E-state index contributed by atoms with van der Waals surface area (Å²) >= 11 is 1.02. The van der Waals surface area contributed by atoms with Crippen LogP contribution in [0, 0.1) is 6.92 Å². The number of carboxylic acid groups (broad SMARTS) is 1. The number of nitrogens with zero attached hydrogens (tertiary/aromatic N) is 1. The van der Waals surface area contributed by atoms with Crippen LogP contribution in [-0.2, 0) is 11.2 Å². The lowest BCUT2D eigenvalue weighted by atomic mass is 10.2. The standard InChI is InChI=1S/C11H12N2O4S/c1-5-7-9(14)12-6(3-4-17-2)13-10(7)18-8(5)11(15)16/h3-4H2,1-2H3,(H,15,16)(H,12,13,14). The Balaban J connectivity index is 2.60. The zero-order valence-electron chi connectivity index (χ0n) is 9.94. The maximum absolute atomic E-state index is 11.9. The first kappa shape index (κ1) is 12.7. The minimum atomic E-state index is -1.03. The van der Waals surface area contributed by atoms with Crippen molar-refractivity contribution in [2.24, 2.45) is 0 Å². The monoisotopic (exact) mass is 268 g/mol. The van der Waals surface area contributed by atoms with Gasteiger partial charge in [-0.1, -0.05) is 0 Å². The summed E-state index contributed by atoms with van der Waals surface area (Å²) in [4.78, 5) is 30.4. The van der Waals surface area contributed by atoms with Gasteiger partial charge in [0.25, 0.3) is 5.56 Å². The Labute approximate surface area is 106 Å². The first-order valence-corrected chi connectivity index (χ1v) is 6.10. The number of ether oxygens (including phenoxy) is 1. The Bertz CT molecular complexity index is 659. The maximum Gasteiger partial charge on any atom is 0.346 e. The van der Waals surface area contributed by atoms with Gasteiger partial charge in [-0.15, -0.1) is 11.3 Å². The number of hydrogen-bond acceptors (Lipinski definition) is 5. The number of carbonyl (C=O) groups is 1. The quantitative estimate of drug-likeness (QED) is 0.868. The third-order valence-corrected chi connectivity index (χ3v) is 3.76. The Morgan fingerprint density at radius 1 is 1.56 bits per heavy atom. The number of aryl methyl sites for hydroxylation is 1. The van der Waals surface area contributed by atoms with Gasteiger partial charge in [-0.05, 0) is 12.5 Å². The Morgan fingerprint density at radius 2 is 2.28 bits per heavy atom. The predicted molar refractivity (Wildman–Crippen MR) is 67.5 cm³/mol. The summed E-state index contributed by atoms with van der Waals surface area (Å²) in [6.45, 7) is 2.07. The van der Waals surface area contributed by atoms with E-state index in [1.165, 1.54) is 0 Å². The van der Waals surface area contributed by atoms with Gasteiger partial charge in [-0.3, -0.25) is 4.79 Å². The van der Waals surface area contributed by atoms with E-state index in [0.29, 0.717) is 34.6 Å². The third kappa shape index (κ3) is 2.14. The number of thiophene rings is 1. The van der Waals surface area contributed by atoms with Gasteiger partial charge in [-0.2, -0.15) is 0 Å². The van der Waals surface area contributed by atoms with E-state index < -0.39 is 5.97 Å². The molecule has 7 heteroatoms. The van der Waals surface area contributed by atoms with E-state index in [2.05, 4.69) is 9.97 Å². The zero-order chi connectivity index (χ0) is 13.3. The number of aromatic amines is 1. The average molecular weight is 268 g/mol. The van der Waals surface area contributed by atoms with Crippen LogP contribution in [-0.4, -0.2) is 34.8 Å². The van der Waals surface area contributed by atoms with Gasteiger partial charge in [0.05, 0.1) is 12.0 Å². The summed E-state index contributed by atoms with van der Waals surface area (Å²) < 4.78 is 4.91. The van der Waals surface area contributed by atoms with E-state index in [1.54, 1.807) is 14.0 Å². The molecule has 0 radical (unpaired) electrons. The Kier molecular flexibility index (Phi) is 3.44. The molecule has 0 aromatic carbocycles. The molecule has 0 bridgehead atoms. The minimum absolute atomic E-state index is 0.159. The molecule has 6 nitrogen and oxygen atoms in total. The largest absolute Gasteiger partial charge is 0.477 e. The van der Waals surface area contributed by atoms with E-state index in [0.717, 1.165) is 11.3 Å². The predicted octanol–water partition coefficient (Wildman–Crippen LogP) is 1.18. The number of methoxy groups -OCH3 is 1. The topological polar surface area (TPSA) is 92.3 Å². The lowest BCUT2D eigenvalue weighted by Crippen LogP contribution is -2.13. The SMILES string of the molecule is COCCc1nc2sc(C(=O)O)c(C)c2c(=O)[nH]1. The van der Waals surface area contributed by atoms with Crippen LogP contribution in [0.1, 0.15) is 21.1 Å². The number of hydrogen-bond donors (Lipinski definition) is 2. The summed E-state index contributed by atoms with van der Waals surface area (Å²) in [5, 5.41) is 9.38. The molecule has 2 N–H and O–H groups in total. The second kappa shape index (κ2) is 4.87. The van der Waals surface area contributed by atoms with Gasteiger partial charge in [0.1, 0.15) is 15.5 Å². The highest BCUT2D eigenvalue weighted by atomic mass is 32.1. The smallest absolute Gasteiger partial charge is 0.346 e. The molecule has 0 saturated carbocycles. The van der Waals surface area contributed by atoms with Crippen LogP contribution in [0.15, 0.2) is 4.79 Å². The molecular weight excluding hydrogens is 256 g/mol. The van der Waals surface area contributed by atoms with E-state index in [1.807, 2.05) is 0 Å². The fourth-order valence-corrected chi connectivity index (χ4v) is 2.75. The lowest BCUT2D eigenvalue weighted by molar-refractivity contribution is 0.0701. The molecule has 0 atom stereocenters. The maximum atomic E-state index is 11.9. The van der Waals surface area contributed by atoms with Crippen LogP contribution in [0.25, 0.3) is 10.2 Å². The number of aromatic carboxylic acids is 1. The van der Waals surface area contributed by atoms with E-state index in [-0.39, 0.29) is 10.4 Å². The molecule has 96 valence electrons. The molecule has 2 aromatic rings. The molecule has 2 rings (SSSR count). The van der Waals surface area contributed by atoms with Gasteiger partial charge < -0.3 is 14.8 Å². The van der Waals surface area contributed by atoms with Crippen LogP contribution in [0.2, 0.25) is 0 Å². The van der Waals surface area contributed by atoms with Crippen molar-refractivity contribution in [3.05, 3.63) is 26.6 Å². The van der Waals surface area contributed by atoms with Gasteiger partial charge in [0.2, 0.25) is 0 Å². The van der Waals surface area contributed by atoms with Crippen molar-refractivity contribution in [3.8, 4) is 0 Å². The molecule has 0 aliphatic rings. The van der Waals surface area contributed by atoms with Crippen molar-refractivity contribution in [2.75, 3.05) is 13.7 Å². The van der Waals surface area contributed by atoms with Crippen molar-refractivity contribution in [2.45, 2.75) is 13.3 Å². The Morgan fingerprint density at radius 3 is 2.89 bits per heavy atom. The molecule has 2 heterocycles. The van der Waals surface area contributed by atoms with Crippen molar-refractivity contribution < 1.29 is 14.6 Å². The van der Waals surface area contributed by atoms with Crippen LogP contribution in [0.5, 0.6) is 0 Å². The second-order valence-corrected chi connectivity index (χ2v) is 4.80. The molecule has 0 unspecified atom stereocenters. The van der Waals surface area contributed by atoms with E-state index >= 15 is 0 Å². The first-order valence-electron chi connectivity index (χ1n) is 5.29. The summed E-state index contributed by atoms with van der Waals surface area (Å²) in [5.74, 6) is -0.527. The summed E-state index contributed by atoms with van der Waals surface area (Å²) in [6, 6.07) is 0. The summed E-state index contributed by atoms with van der Waals surface area (Å²) in [5.41, 5.74) is 0.168. The molecule has 0 amide bonds. The number of rotatable bonds is 4. The van der Waals surface area contributed by atoms with Crippen LogP contribution >= 0.6 is 11.3 Å². The first-order chi connectivity index (χ1) is 8.54. The van der Waals surface area contributed by atoms with Gasteiger partial charge in [0, 0.05) is 13.5 Å². The highest BCUT2D eigenvalue weighted by Gasteiger charge is 2.18. The highest BCUT2D eigenvalue weighted by molar-refractivity contribution is 7.20. The molecule has 0 fully saturated rings. The van der Waals surface area contributed by atoms with Crippen molar-refractivity contribution >= 4 is 27.5 Å². The fourth-order valence-electron chi connectivity index (χ4n) is 1.71. The third-order valence-electron chi connectivity index (χ3n) is 2.59. The summed E-state index contributed by atoms with van der Waals surface area (Å²) in [7, 11) is 1.56. The average Bonchev–Trinajstić information content (AvgIpc) is 2.64. The van der Waals surface area contributed by atoms with Gasteiger partial charge >= 0.3 is 5.97 Å². The number of fused-ring (bicyclic) bond motifs is 1. The number of nitrogens with one attached hydrogen (secondary N) is 1. The zero-order valence-corrected chi connectivity index (χ0v) is 10.8. The number of aromatic nitrogens is 2.